The molecule has 2 bridgehead atoms. The molecule has 2 fully saturated rings. The number of ether oxygens (including phenoxy) is 1. The number of halogens is 2. The van der Waals surface area contributed by atoms with E-state index in [1.165, 1.54) is 0 Å². The number of hydrogen-bond acceptors (Lipinski definition) is 1. The molecule has 2 rings (SSSR count). The topological polar surface area (TPSA) is 9.23 Å². The molecule has 0 aromatic rings. The zero-order chi connectivity index (χ0) is 8.28. The van der Waals surface area contributed by atoms with Gasteiger partial charge in [0.05, 0.1) is 0 Å². The summed E-state index contributed by atoms with van der Waals surface area (Å²) in [4.78, 5) is 0. The first-order valence-electron chi connectivity index (χ1n) is 4.06. The fourth-order valence-corrected chi connectivity index (χ4v) is 2.11. The second-order valence-electron chi connectivity index (χ2n) is 3.75. The largest absolute Gasteiger partial charge is 0.308 e. The van der Waals surface area contributed by atoms with Crippen molar-refractivity contribution in [2.75, 3.05) is 0 Å². The second-order valence-corrected chi connectivity index (χ2v) is 3.75. The Morgan fingerprint density at radius 2 is 1.45 bits per heavy atom. The Morgan fingerprint density at radius 3 is 1.64 bits per heavy atom. The van der Waals surface area contributed by atoms with E-state index in [2.05, 4.69) is 0 Å². The molecule has 3 heteroatoms. The highest BCUT2D eigenvalue weighted by Gasteiger charge is 2.65. The van der Waals surface area contributed by atoms with Crippen LogP contribution in [-0.4, -0.2) is 11.7 Å². The van der Waals surface area contributed by atoms with E-state index in [9.17, 15) is 8.78 Å². The number of fused-ring (bicyclic) bond motifs is 2. The Labute approximate surface area is 64.7 Å². The normalized spacial score (nSPS) is 62.2. The zero-order valence-electron chi connectivity index (χ0n) is 6.73. The molecule has 2 heterocycles. The van der Waals surface area contributed by atoms with Gasteiger partial charge in [0.2, 0.25) is 11.7 Å². The van der Waals surface area contributed by atoms with Crippen LogP contribution in [0, 0.1) is 11.8 Å². The lowest BCUT2D eigenvalue weighted by molar-refractivity contribution is -0.187. The third-order valence-electron chi connectivity index (χ3n) is 3.26. The third-order valence-corrected chi connectivity index (χ3v) is 3.26. The summed E-state index contributed by atoms with van der Waals surface area (Å²) >= 11 is 0. The molecule has 0 aromatic heterocycles. The molecule has 0 aromatic carbocycles. The molecule has 0 radical (unpaired) electrons. The molecule has 4 atom stereocenters. The van der Waals surface area contributed by atoms with Crippen molar-refractivity contribution in [2.24, 2.45) is 11.8 Å². The molecule has 1 nitrogen and oxygen atoms in total. The summed E-state index contributed by atoms with van der Waals surface area (Å²) in [6.45, 7) is 3.43. The summed E-state index contributed by atoms with van der Waals surface area (Å²) in [6, 6.07) is 0. The minimum Gasteiger partial charge on any atom is -0.308 e. The Bertz CT molecular complexity index is 177. The molecule has 64 valence electrons. The standard InChI is InChI=1S/C8H12F2O/c1-5-6(2)8(10)4-3-7(5,9)11-8/h5-6H,3-4H2,1-2H3/t5-,6?,7?,8?/m1/s1. The van der Waals surface area contributed by atoms with E-state index >= 15 is 0 Å². The summed E-state index contributed by atoms with van der Waals surface area (Å²) in [5.74, 6) is -3.95. The fraction of sp³-hybridized carbons (Fsp3) is 1.00. The summed E-state index contributed by atoms with van der Waals surface area (Å²) in [6.07, 6.45) is 0.435. The van der Waals surface area contributed by atoms with Crippen molar-refractivity contribution in [3.63, 3.8) is 0 Å². The van der Waals surface area contributed by atoms with E-state index in [1.807, 2.05) is 0 Å². The van der Waals surface area contributed by atoms with E-state index in [-0.39, 0.29) is 24.7 Å². The summed E-state index contributed by atoms with van der Waals surface area (Å²) in [5, 5.41) is 0. The van der Waals surface area contributed by atoms with Crippen LogP contribution in [0.15, 0.2) is 0 Å². The van der Waals surface area contributed by atoms with Gasteiger partial charge in [-0.1, -0.05) is 13.8 Å². The van der Waals surface area contributed by atoms with Crippen molar-refractivity contribution in [3.05, 3.63) is 0 Å². The predicted molar refractivity (Wildman–Crippen MR) is 36.3 cm³/mol. The van der Waals surface area contributed by atoms with Gasteiger partial charge in [0.15, 0.2) is 0 Å². The summed E-state index contributed by atoms with van der Waals surface area (Å²) < 4.78 is 31.8. The van der Waals surface area contributed by atoms with Gasteiger partial charge >= 0.3 is 0 Å². The van der Waals surface area contributed by atoms with E-state index in [1.54, 1.807) is 13.8 Å². The van der Waals surface area contributed by atoms with Crippen molar-refractivity contribution in [1.82, 2.24) is 0 Å². The van der Waals surface area contributed by atoms with Gasteiger partial charge < -0.3 is 4.74 Å². The minimum atomic E-state index is -1.67. The zero-order valence-corrected chi connectivity index (χ0v) is 6.73. The van der Waals surface area contributed by atoms with Gasteiger partial charge in [-0.15, -0.1) is 0 Å². The van der Waals surface area contributed by atoms with E-state index in [0.717, 1.165) is 0 Å². The average molecular weight is 162 g/mol. The SMILES string of the molecule is CC1[C@@H](C)C2(F)CCC1(F)O2. The Hall–Kier alpha value is -0.180. The van der Waals surface area contributed by atoms with Crippen LogP contribution < -0.4 is 0 Å². The molecule has 0 aliphatic carbocycles. The minimum absolute atomic E-state index is 0.217. The van der Waals surface area contributed by atoms with Crippen molar-refractivity contribution < 1.29 is 13.5 Å². The van der Waals surface area contributed by atoms with Crippen molar-refractivity contribution in [3.8, 4) is 0 Å². The average Bonchev–Trinajstić information content (AvgIpc) is 2.32. The van der Waals surface area contributed by atoms with Gasteiger partial charge in [0, 0.05) is 24.7 Å². The van der Waals surface area contributed by atoms with Gasteiger partial charge in [-0.3, -0.25) is 0 Å². The lowest BCUT2D eigenvalue weighted by atomic mass is 9.79. The molecule has 2 saturated heterocycles. The molecule has 3 unspecified atom stereocenters. The van der Waals surface area contributed by atoms with Gasteiger partial charge in [-0.2, -0.15) is 0 Å². The van der Waals surface area contributed by atoms with Crippen molar-refractivity contribution in [2.45, 2.75) is 38.4 Å². The summed E-state index contributed by atoms with van der Waals surface area (Å²) in [7, 11) is 0. The number of alkyl halides is 2. The molecule has 0 N–H and O–H groups in total. The first kappa shape index (κ1) is 7.47. The van der Waals surface area contributed by atoms with Crippen LogP contribution in [0.3, 0.4) is 0 Å². The van der Waals surface area contributed by atoms with Crippen LogP contribution in [0.25, 0.3) is 0 Å². The molecule has 2 aliphatic heterocycles. The fourth-order valence-electron chi connectivity index (χ4n) is 2.11. The number of hydrogen-bond donors (Lipinski definition) is 0. The van der Waals surface area contributed by atoms with Gasteiger partial charge in [0.1, 0.15) is 0 Å². The van der Waals surface area contributed by atoms with E-state index in [4.69, 9.17) is 4.74 Å². The van der Waals surface area contributed by atoms with Crippen molar-refractivity contribution >= 4 is 0 Å². The quantitative estimate of drug-likeness (QED) is 0.531. The van der Waals surface area contributed by atoms with Crippen LogP contribution in [0.4, 0.5) is 8.78 Å². The van der Waals surface area contributed by atoms with Crippen LogP contribution in [0.1, 0.15) is 26.7 Å². The molecule has 2 aliphatic rings. The van der Waals surface area contributed by atoms with E-state index in [0.29, 0.717) is 0 Å². The first-order chi connectivity index (χ1) is 4.98. The van der Waals surface area contributed by atoms with Gasteiger partial charge in [-0.05, 0) is 0 Å². The molecular formula is C8H12F2O. The van der Waals surface area contributed by atoms with E-state index < -0.39 is 11.7 Å². The predicted octanol–water partition coefficient (Wildman–Crippen LogP) is 2.41. The molecule has 0 saturated carbocycles. The lowest BCUT2D eigenvalue weighted by Gasteiger charge is -2.26. The first-order valence-corrected chi connectivity index (χ1v) is 4.06. The Kier molecular flexibility index (Phi) is 1.20. The molecular weight excluding hydrogens is 150 g/mol. The van der Waals surface area contributed by atoms with Gasteiger partial charge in [-0.25, -0.2) is 8.78 Å². The molecule has 0 spiro atoms. The third kappa shape index (κ3) is 0.723. The monoisotopic (exact) mass is 162 g/mol. The maximum Gasteiger partial charge on any atom is 0.215 e. The van der Waals surface area contributed by atoms with Crippen molar-refractivity contribution in [1.29, 1.82) is 0 Å². The van der Waals surface area contributed by atoms with Crippen LogP contribution >= 0.6 is 0 Å². The van der Waals surface area contributed by atoms with Crippen LogP contribution in [-0.2, 0) is 4.74 Å². The number of rotatable bonds is 0. The van der Waals surface area contributed by atoms with Gasteiger partial charge in [0.25, 0.3) is 0 Å². The second kappa shape index (κ2) is 1.76. The lowest BCUT2D eigenvalue weighted by Crippen LogP contribution is -2.33. The van der Waals surface area contributed by atoms with Crippen LogP contribution in [0.2, 0.25) is 0 Å². The summed E-state index contributed by atoms with van der Waals surface area (Å²) in [5.41, 5.74) is 0. The maximum atomic E-state index is 13.5. The molecule has 11 heavy (non-hydrogen) atoms. The highest BCUT2D eigenvalue weighted by atomic mass is 19.2. The Morgan fingerprint density at radius 1 is 1.09 bits per heavy atom. The smallest absolute Gasteiger partial charge is 0.215 e. The molecule has 0 amide bonds. The highest BCUT2D eigenvalue weighted by molar-refractivity contribution is 5.02. The Balaban J connectivity index is 2.34. The maximum absolute atomic E-state index is 13.5. The van der Waals surface area contributed by atoms with Crippen LogP contribution in [0.5, 0.6) is 0 Å². The highest BCUT2D eigenvalue weighted by Crippen LogP contribution is 2.58.